The molecule has 0 radical (unpaired) electrons. The Morgan fingerprint density at radius 3 is 2.76 bits per heavy atom. The number of rotatable bonds is 3. The Labute approximate surface area is 130 Å². The molecular formula is C15H17BrF3NO. The Bertz CT molecular complexity index is 530. The molecule has 6 heteroatoms. The Kier molecular flexibility index (Phi) is 4.96. The number of alkyl halides is 3. The van der Waals surface area contributed by atoms with Crippen LogP contribution in [0.3, 0.4) is 0 Å². The molecule has 1 aromatic rings. The number of hydrogen-bond acceptors (Lipinski definition) is 1. The quantitative estimate of drug-likeness (QED) is 0.759. The number of nitrogens with zero attached hydrogens (tertiary/aromatic N) is 1. The molecule has 0 spiro atoms. The third-order valence-corrected chi connectivity index (χ3v) is 4.28. The van der Waals surface area contributed by atoms with Gasteiger partial charge in [-0.15, -0.1) is 0 Å². The van der Waals surface area contributed by atoms with E-state index in [0.717, 1.165) is 25.3 Å². The van der Waals surface area contributed by atoms with Crippen LogP contribution in [0.25, 0.3) is 0 Å². The number of hydrogen-bond donors (Lipinski definition) is 0. The second-order valence-electron chi connectivity index (χ2n) is 5.38. The van der Waals surface area contributed by atoms with Crippen LogP contribution >= 0.6 is 15.9 Å². The summed E-state index contributed by atoms with van der Waals surface area (Å²) in [5.74, 6) is -0.114. The molecule has 0 saturated carbocycles. The van der Waals surface area contributed by atoms with Crippen LogP contribution in [0.5, 0.6) is 0 Å². The molecule has 2 nitrogen and oxygen atoms in total. The lowest BCUT2D eigenvalue weighted by Crippen LogP contribution is -2.30. The highest BCUT2D eigenvalue weighted by atomic mass is 79.9. The van der Waals surface area contributed by atoms with E-state index in [9.17, 15) is 18.0 Å². The average molecular weight is 364 g/mol. The van der Waals surface area contributed by atoms with Gasteiger partial charge in [0.25, 0.3) is 5.91 Å². The number of amides is 1. The second-order valence-corrected chi connectivity index (χ2v) is 6.30. The van der Waals surface area contributed by atoms with Crippen molar-refractivity contribution in [2.75, 3.05) is 13.1 Å². The molecule has 116 valence electrons. The van der Waals surface area contributed by atoms with E-state index < -0.39 is 17.6 Å². The third kappa shape index (κ3) is 3.78. The minimum Gasteiger partial charge on any atom is -0.338 e. The summed E-state index contributed by atoms with van der Waals surface area (Å²) in [6, 6.07) is 3.69. The molecule has 0 aliphatic carbocycles. The maximum Gasteiger partial charge on any atom is 0.417 e. The fraction of sp³-hybridized carbons (Fsp3) is 0.533. The van der Waals surface area contributed by atoms with Gasteiger partial charge in [0.1, 0.15) is 0 Å². The predicted octanol–water partition coefficient (Wildman–Crippen LogP) is 4.73. The van der Waals surface area contributed by atoms with Crippen molar-refractivity contribution in [1.82, 2.24) is 4.90 Å². The van der Waals surface area contributed by atoms with E-state index >= 15 is 0 Å². The Balaban J connectivity index is 2.24. The first-order valence-electron chi connectivity index (χ1n) is 6.99. The molecule has 1 saturated heterocycles. The van der Waals surface area contributed by atoms with Crippen molar-refractivity contribution in [2.24, 2.45) is 5.92 Å². The summed E-state index contributed by atoms with van der Waals surface area (Å²) < 4.78 is 39.6. The van der Waals surface area contributed by atoms with Crippen LogP contribution in [0.2, 0.25) is 0 Å². The van der Waals surface area contributed by atoms with E-state index in [4.69, 9.17) is 0 Å². The Morgan fingerprint density at radius 2 is 2.14 bits per heavy atom. The highest BCUT2D eigenvalue weighted by molar-refractivity contribution is 9.10. The lowest BCUT2D eigenvalue weighted by atomic mass is 10.0. The molecule has 1 aliphatic heterocycles. The molecule has 0 N–H and O–H groups in total. The first-order chi connectivity index (χ1) is 9.82. The minimum absolute atomic E-state index is 0.261. The molecule has 1 fully saturated rings. The topological polar surface area (TPSA) is 20.3 Å². The molecule has 1 aromatic carbocycles. The van der Waals surface area contributed by atoms with Crippen LogP contribution in [0.1, 0.15) is 42.1 Å². The molecule has 0 bridgehead atoms. The smallest absolute Gasteiger partial charge is 0.338 e. The van der Waals surface area contributed by atoms with Crippen molar-refractivity contribution in [1.29, 1.82) is 0 Å². The zero-order chi connectivity index (χ0) is 15.6. The number of benzene rings is 1. The van der Waals surface area contributed by atoms with Crippen LogP contribution in [0, 0.1) is 5.92 Å². The SMILES string of the molecule is CCCC1CCN(C(=O)c2ccc(Br)cc2C(F)(F)F)C1. The van der Waals surface area contributed by atoms with Gasteiger partial charge in [-0.2, -0.15) is 13.2 Å². The first-order valence-corrected chi connectivity index (χ1v) is 7.78. The summed E-state index contributed by atoms with van der Waals surface area (Å²) in [4.78, 5) is 13.9. The normalized spacial score (nSPS) is 19.1. The lowest BCUT2D eigenvalue weighted by molar-refractivity contribution is -0.138. The highest BCUT2D eigenvalue weighted by Gasteiger charge is 2.37. The monoisotopic (exact) mass is 363 g/mol. The second kappa shape index (κ2) is 6.38. The largest absolute Gasteiger partial charge is 0.417 e. The van der Waals surface area contributed by atoms with Crippen molar-refractivity contribution in [2.45, 2.75) is 32.4 Å². The maximum absolute atomic E-state index is 13.1. The molecule has 2 rings (SSSR count). The van der Waals surface area contributed by atoms with E-state index in [1.54, 1.807) is 4.90 Å². The van der Waals surface area contributed by atoms with E-state index in [1.807, 2.05) is 0 Å². The summed E-state index contributed by atoms with van der Waals surface area (Å²) in [7, 11) is 0. The molecule has 1 amide bonds. The van der Waals surface area contributed by atoms with E-state index in [0.29, 0.717) is 23.5 Å². The molecule has 1 heterocycles. The van der Waals surface area contributed by atoms with Crippen LogP contribution < -0.4 is 0 Å². The predicted molar refractivity (Wildman–Crippen MR) is 78.1 cm³/mol. The highest BCUT2D eigenvalue weighted by Crippen LogP contribution is 2.35. The minimum atomic E-state index is -4.53. The van der Waals surface area contributed by atoms with E-state index in [1.165, 1.54) is 12.1 Å². The van der Waals surface area contributed by atoms with Crippen LogP contribution in [0.15, 0.2) is 22.7 Å². The fourth-order valence-electron chi connectivity index (χ4n) is 2.77. The Hall–Kier alpha value is -1.04. The number of carbonyl (C=O) groups is 1. The third-order valence-electron chi connectivity index (χ3n) is 3.79. The summed E-state index contributed by atoms with van der Waals surface area (Å²) in [6.45, 7) is 3.16. The molecule has 1 aliphatic rings. The first kappa shape index (κ1) is 16.3. The molecule has 21 heavy (non-hydrogen) atoms. The van der Waals surface area contributed by atoms with Crippen LogP contribution in [0.4, 0.5) is 13.2 Å². The average Bonchev–Trinajstić information content (AvgIpc) is 2.86. The molecule has 0 aromatic heterocycles. The van der Waals surface area contributed by atoms with E-state index in [-0.39, 0.29) is 5.56 Å². The number of carbonyl (C=O) groups excluding carboxylic acids is 1. The van der Waals surface area contributed by atoms with E-state index in [2.05, 4.69) is 22.9 Å². The van der Waals surface area contributed by atoms with Crippen LogP contribution in [-0.4, -0.2) is 23.9 Å². The molecule has 1 unspecified atom stereocenters. The van der Waals surface area contributed by atoms with Gasteiger partial charge in [-0.25, -0.2) is 0 Å². The standard InChI is InChI=1S/C15H17BrF3NO/c1-2-3-10-6-7-20(9-10)14(21)12-5-4-11(16)8-13(12)15(17,18)19/h4-5,8,10H,2-3,6-7,9H2,1H3. The van der Waals surface area contributed by atoms with Crippen molar-refractivity contribution in [3.8, 4) is 0 Å². The van der Waals surface area contributed by atoms with Gasteiger partial charge >= 0.3 is 6.18 Å². The maximum atomic E-state index is 13.1. The molecular weight excluding hydrogens is 347 g/mol. The van der Waals surface area contributed by atoms with Gasteiger partial charge in [-0.1, -0.05) is 29.3 Å². The zero-order valence-electron chi connectivity index (χ0n) is 11.7. The van der Waals surface area contributed by atoms with Gasteiger partial charge in [0.15, 0.2) is 0 Å². The van der Waals surface area contributed by atoms with Gasteiger partial charge in [0.05, 0.1) is 11.1 Å². The summed E-state index contributed by atoms with van der Waals surface area (Å²) in [5, 5.41) is 0. The van der Waals surface area contributed by atoms with Gasteiger partial charge < -0.3 is 4.90 Å². The van der Waals surface area contributed by atoms with Gasteiger partial charge in [0, 0.05) is 17.6 Å². The van der Waals surface area contributed by atoms with Crippen molar-refractivity contribution < 1.29 is 18.0 Å². The lowest BCUT2D eigenvalue weighted by Gasteiger charge is -2.20. The van der Waals surface area contributed by atoms with Crippen molar-refractivity contribution >= 4 is 21.8 Å². The number of halogens is 4. The summed E-state index contributed by atoms with van der Waals surface area (Å²) in [5.41, 5.74) is -1.14. The molecule has 1 atom stereocenters. The Morgan fingerprint density at radius 1 is 1.43 bits per heavy atom. The van der Waals surface area contributed by atoms with Crippen molar-refractivity contribution in [3.05, 3.63) is 33.8 Å². The van der Waals surface area contributed by atoms with Crippen LogP contribution in [-0.2, 0) is 6.18 Å². The van der Waals surface area contributed by atoms with Gasteiger partial charge in [-0.05, 0) is 37.0 Å². The fourth-order valence-corrected chi connectivity index (χ4v) is 3.13. The number of likely N-dealkylation sites (tertiary alicyclic amines) is 1. The summed E-state index contributed by atoms with van der Waals surface area (Å²) in [6.07, 6.45) is -1.62. The van der Waals surface area contributed by atoms with Gasteiger partial charge in [-0.3, -0.25) is 4.79 Å². The van der Waals surface area contributed by atoms with Gasteiger partial charge in [0.2, 0.25) is 0 Å². The van der Waals surface area contributed by atoms with Crippen molar-refractivity contribution in [3.63, 3.8) is 0 Å². The summed E-state index contributed by atoms with van der Waals surface area (Å²) >= 11 is 3.03. The zero-order valence-corrected chi connectivity index (χ0v) is 13.3.